The zero-order valence-electron chi connectivity index (χ0n) is 12.0. The van der Waals surface area contributed by atoms with Gasteiger partial charge in [-0.05, 0) is 23.8 Å². The summed E-state index contributed by atoms with van der Waals surface area (Å²) in [7, 11) is 2.00. The van der Waals surface area contributed by atoms with Crippen LogP contribution >= 0.6 is 11.3 Å². The molecule has 1 atom stereocenters. The Hall–Kier alpha value is -2.60. The molecule has 6 heteroatoms. The van der Waals surface area contributed by atoms with Crippen LogP contribution in [0.3, 0.4) is 0 Å². The van der Waals surface area contributed by atoms with Gasteiger partial charge < -0.3 is 15.6 Å². The van der Waals surface area contributed by atoms with Crippen LogP contribution in [0.4, 0.5) is 0 Å². The number of aromatic amines is 1. The van der Waals surface area contributed by atoms with E-state index in [4.69, 9.17) is 5.73 Å². The van der Waals surface area contributed by atoms with Gasteiger partial charge >= 0.3 is 0 Å². The second kappa shape index (κ2) is 4.99. The SMILES string of the molecule is CN1C=CC(N)=NC1c1ccc2cc(-c3nccs3)[nH]c2c1. The molecule has 3 aromatic rings. The molecule has 22 heavy (non-hydrogen) atoms. The second-order valence-corrected chi connectivity index (χ2v) is 6.17. The third-order valence-corrected chi connectivity index (χ3v) is 4.55. The van der Waals surface area contributed by atoms with E-state index in [9.17, 15) is 0 Å². The number of thiazole rings is 1. The summed E-state index contributed by atoms with van der Waals surface area (Å²) >= 11 is 1.63. The molecule has 1 aromatic carbocycles. The maximum Gasteiger partial charge on any atom is 0.148 e. The Kier molecular flexibility index (Phi) is 2.97. The molecule has 1 aliphatic rings. The predicted molar refractivity (Wildman–Crippen MR) is 90.7 cm³/mol. The number of amidine groups is 1. The average Bonchev–Trinajstić information content (AvgIpc) is 3.17. The van der Waals surface area contributed by atoms with Crippen LogP contribution in [0, 0.1) is 0 Å². The molecule has 0 amide bonds. The number of aromatic nitrogens is 2. The van der Waals surface area contributed by atoms with Crippen LogP contribution in [0.15, 0.2) is 53.1 Å². The van der Waals surface area contributed by atoms with Crippen molar-refractivity contribution in [1.29, 1.82) is 0 Å². The van der Waals surface area contributed by atoms with Crippen LogP contribution in [0.1, 0.15) is 11.7 Å². The Labute approximate surface area is 131 Å². The summed E-state index contributed by atoms with van der Waals surface area (Å²) in [6.45, 7) is 0. The Morgan fingerprint density at radius 2 is 2.23 bits per heavy atom. The van der Waals surface area contributed by atoms with Gasteiger partial charge in [-0.3, -0.25) is 0 Å². The van der Waals surface area contributed by atoms with E-state index < -0.39 is 0 Å². The Morgan fingerprint density at radius 1 is 1.32 bits per heavy atom. The van der Waals surface area contributed by atoms with Crippen molar-refractivity contribution in [3.8, 4) is 10.7 Å². The van der Waals surface area contributed by atoms with Crippen LogP contribution in [0.25, 0.3) is 21.6 Å². The molecule has 3 heterocycles. The van der Waals surface area contributed by atoms with Gasteiger partial charge in [0.05, 0.1) is 5.69 Å². The number of nitrogens with one attached hydrogen (secondary N) is 1. The van der Waals surface area contributed by atoms with Crippen molar-refractivity contribution < 1.29 is 0 Å². The van der Waals surface area contributed by atoms with Gasteiger partial charge in [-0.1, -0.05) is 12.1 Å². The van der Waals surface area contributed by atoms with Crippen molar-refractivity contribution >= 4 is 28.1 Å². The predicted octanol–water partition coefficient (Wildman–Crippen LogP) is 3.11. The molecule has 3 N–H and O–H groups in total. The molecule has 2 aromatic heterocycles. The topological polar surface area (TPSA) is 70.3 Å². The molecule has 0 saturated heterocycles. The van der Waals surface area contributed by atoms with Crippen molar-refractivity contribution in [2.75, 3.05) is 7.05 Å². The normalized spacial score (nSPS) is 18.0. The summed E-state index contributed by atoms with van der Waals surface area (Å²) in [5.74, 6) is 0.554. The molecule has 0 spiro atoms. The van der Waals surface area contributed by atoms with Crippen LogP contribution < -0.4 is 5.73 Å². The molecule has 1 unspecified atom stereocenters. The molecule has 0 fully saturated rings. The van der Waals surface area contributed by atoms with E-state index >= 15 is 0 Å². The monoisotopic (exact) mass is 309 g/mol. The number of nitrogens with zero attached hydrogens (tertiary/aromatic N) is 3. The molecule has 0 aliphatic carbocycles. The molecular formula is C16H15N5S. The highest BCUT2D eigenvalue weighted by Gasteiger charge is 2.17. The van der Waals surface area contributed by atoms with Gasteiger partial charge in [-0.15, -0.1) is 11.3 Å². The van der Waals surface area contributed by atoms with E-state index in [1.807, 2.05) is 35.8 Å². The first-order valence-electron chi connectivity index (χ1n) is 6.97. The maximum atomic E-state index is 5.83. The van der Waals surface area contributed by atoms with E-state index in [2.05, 4.69) is 39.2 Å². The summed E-state index contributed by atoms with van der Waals surface area (Å²) in [5, 5.41) is 4.14. The van der Waals surface area contributed by atoms with Crippen LogP contribution in [-0.2, 0) is 0 Å². The van der Waals surface area contributed by atoms with Crippen LogP contribution in [0.5, 0.6) is 0 Å². The highest BCUT2D eigenvalue weighted by molar-refractivity contribution is 7.13. The second-order valence-electron chi connectivity index (χ2n) is 5.28. The van der Waals surface area contributed by atoms with E-state index in [0.717, 1.165) is 21.8 Å². The third-order valence-electron chi connectivity index (χ3n) is 3.74. The van der Waals surface area contributed by atoms with Gasteiger partial charge in [-0.2, -0.15) is 0 Å². The molecule has 0 radical (unpaired) electrons. The van der Waals surface area contributed by atoms with Gasteiger partial charge in [0, 0.05) is 35.7 Å². The molecule has 5 nitrogen and oxygen atoms in total. The van der Waals surface area contributed by atoms with Crippen molar-refractivity contribution in [2.45, 2.75) is 6.17 Å². The fourth-order valence-corrected chi connectivity index (χ4v) is 3.25. The van der Waals surface area contributed by atoms with E-state index in [1.165, 1.54) is 5.39 Å². The molecule has 110 valence electrons. The quantitative estimate of drug-likeness (QED) is 0.764. The van der Waals surface area contributed by atoms with Gasteiger partial charge in [0.1, 0.15) is 17.0 Å². The number of fused-ring (bicyclic) bond motifs is 1. The Balaban J connectivity index is 1.76. The van der Waals surface area contributed by atoms with E-state index in [-0.39, 0.29) is 6.17 Å². The average molecular weight is 309 g/mol. The van der Waals surface area contributed by atoms with Gasteiger partial charge in [0.2, 0.25) is 0 Å². The standard InChI is InChI=1S/C16H15N5S/c1-21-6-4-14(17)20-15(21)11-3-2-10-8-13(19-12(10)9-11)16-18-5-7-22-16/h2-9,15,19H,1H3,(H2,17,20). The van der Waals surface area contributed by atoms with Gasteiger partial charge in [0.15, 0.2) is 0 Å². The molecule has 1 aliphatic heterocycles. The number of rotatable bonds is 2. The number of hydrogen-bond donors (Lipinski definition) is 2. The fourth-order valence-electron chi connectivity index (χ4n) is 2.64. The van der Waals surface area contributed by atoms with Crippen molar-refractivity contribution in [1.82, 2.24) is 14.9 Å². The number of H-pyrrole nitrogens is 1. The lowest BCUT2D eigenvalue weighted by Crippen LogP contribution is -2.25. The number of benzene rings is 1. The zero-order chi connectivity index (χ0) is 15.1. The van der Waals surface area contributed by atoms with Crippen molar-refractivity contribution in [3.63, 3.8) is 0 Å². The Bertz CT molecular complexity index is 875. The summed E-state index contributed by atoms with van der Waals surface area (Å²) in [5.41, 5.74) is 9.06. The van der Waals surface area contributed by atoms with Crippen molar-refractivity contribution in [2.24, 2.45) is 10.7 Å². The lowest BCUT2D eigenvalue weighted by molar-refractivity contribution is 0.344. The lowest BCUT2D eigenvalue weighted by atomic mass is 10.1. The zero-order valence-corrected chi connectivity index (χ0v) is 12.8. The summed E-state index contributed by atoms with van der Waals surface area (Å²) in [6.07, 6.45) is 5.50. The highest BCUT2D eigenvalue weighted by atomic mass is 32.1. The van der Waals surface area contributed by atoms with E-state index in [0.29, 0.717) is 5.84 Å². The minimum absolute atomic E-state index is 0.0824. The fraction of sp³-hybridized carbons (Fsp3) is 0.125. The Morgan fingerprint density at radius 3 is 3.05 bits per heavy atom. The smallest absolute Gasteiger partial charge is 0.148 e. The number of nitrogens with two attached hydrogens (primary N) is 1. The highest BCUT2D eigenvalue weighted by Crippen LogP contribution is 2.30. The van der Waals surface area contributed by atoms with Crippen LogP contribution in [0.2, 0.25) is 0 Å². The number of aliphatic imine (C=N–C) groups is 1. The first kappa shape index (κ1) is 13.1. The summed E-state index contributed by atoms with van der Waals surface area (Å²) in [6, 6.07) is 8.46. The minimum Gasteiger partial charge on any atom is -0.384 e. The summed E-state index contributed by atoms with van der Waals surface area (Å²) in [4.78, 5) is 14.3. The van der Waals surface area contributed by atoms with Crippen molar-refractivity contribution in [3.05, 3.63) is 53.7 Å². The number of hydrogen-bond acceptors (Lipinski definition) is 5. The molecule has 4 rings (SSSR count). The molecule has 0 saturated carbocycles. The van der Waals surface area contributed by atoms with Gasteiger partial charge in [0.25, 0.3) is 0 Å². The van der Waals surface area contributed by atoms with Gasteiger partial charge in [-0.25, -0.2) is 9.98 Å². The lowest BCUT2D eigenvalue weighted by Gasteiger charge is -2.26. The first-order chi connectivity index (χ1) is 10.7. The first-order valence-corrected chi connectivity index (χ1v) is 7.84. The molecular weight excluding hydrogens is 294 g/mol. The summed E-state index contributed by atoms with van der Waals surface area (Å²) < 4.78 is 0. The van der Waals surface area contributed by atoms with Crippen LogP contribution in [-0.4, -0.2) is 27.8 Å². The largest absolute Gasteiger partial charge is 0.384 e. The maximum absolute atomic E-state index is 5.83. The van der Waals surface area contributed by atoms with E-state index in [1.54, 1.807) is 11.3 Å². The third kappa shape index (κ3) is 2.17. The minimum atomic E-state index is -0.0824. The molecule has 0 bridgehead atoms.